The van der Waals surface area contributed by atoms with E-state index < -0.39 is 15.9 Å². The normalized spacial score (nSPS) is 23.5. The van der Waals surface area contributed by atoms with Gasteiger partial charge in [0.05, 0.1) is 18.0 Å². The number of hydrogen-bond donors (Lipinski definition) is 2. The SMILES string of the molecule is CCS(=O)(=O)C[C@H]1CN(c2ccc(C(C)C)c3cc(Nc4ccnc(N5CC[C@@H](OC)[C@H](O)C5)n4)ncc23)[C@@H]1C. The molecule has 0 saturated carbocycles. The van der Waals surface area contributed by atoms with Crippen LogP contribution in [0.3, 0.4) is 0 Å². The molecule has 2 aliphatic rings. The standard InChI is InChI=1S/C29H40N6O4S/c1-6-40(37,38)17-20-15-35(19(20)4)24-8-7-21(18(2)3)22-13-28(31-14-23(22)24)32-27-9-11-30-29(33-27)34-12-10-26(39-5)25(36)16-34/h7-9,11,13-14,18-20,25-26,36H,6,10,12,15-17H2,1-5H3,(H,30,31,32,33)/t19-,20-,25-,26-/m1/s1. The van der Waals surface area contributed by atoms with Crippen LogP contribution in [0.5, 0.6) is 0 Å². The fraction of sp³-hybridized carbons (Fsp3) is 0.552. The van der Waals surface area contributed by atoms with Crippen molar-refractivity contribution in [2.24, 2.45) is 5.92 Å². The molecular weight excluding hydrogens is 528 g/mol. The van der Waals surface area contributed by atoms with Crippen LogP contribution < -0.4 is 15.1 Å². The molecule has 40 heavy (non-hydrogen) atoms. The topological polar surface area (TPSA) is 121 Å². The van der Waals surface area contributed by atoms with Crippen molar-refractivity contribution in [1.82, 2.24) is 15.0 Å². The minimum atomic E-state index is -3.01. The van der Waals surface area contributed by atoms with Crippen LogP contribution in [0.2, 0.25) is 0 Å². The summed E-state index contributed by atoms with van der Waals surface area (Å²) < 4.78 is 29.8. The van der Waals surface area contributed by atoms with E-state index in [1.165, 1.54) is 5.56 Å². The maximum absolute atomic E-state index is 12.2. The van der Waals surface area contributed by atoms with Crippen molar-refractivity contribution in [1.29, 1.82) is 0 Å². The molecule has 2 N–H and O–H groups in total. The number of piperidine rings is 1. The molecule has 0 amide bonds. The molecule has 2 aliphatic heterocycles. The lowest BCUT2D eigenvalue weighted by Gasteiger charge is -2.48. The number of aliphatic hydroxyl groups excluding tert-OH is 1. The lowest BCUT2D eigenvalue weighted by atomic mass is 9.88. The van der Waals surface area contributed by atoms with Gasteiger partial charge < -0.3 is 25.0 Å². The zero-order valence-corrected chi connectivity index (χ0v) is 24.7. The molecule has 2 fully saturated rings. The van der Waals surface area contributed by atoms with Crippen molar-refractivity contribution >= 4 is 43.9 Å². The molecule has 4 atom stereocenters. The summed E-state index contributed by atoms with van der Waals surface area (Å²) in [5.74, 6) is 2.72. The predicted octanol–water partition coefficient (Wildman–Crippen LogP) is 3.74. The highest BCUT2D eigenvalue weighted by Gasteiger charge is 2.38. The van der Waals surface area contributed by atoms with E-state index in [9.17, 15) is 13.5 Å². The fourth-order valence-electron chi connectivity index (χ4n) is 5.78. The molecule has 2 aromatic heterocycles. The van der Waals surface area contributed by atoms with Gasteiger partial charge in [-0.25, -0.2) is 18.4 Å². The Balaban J connectivity index is 1.39. The first kappa shape index (κ1) is 28.5. The van der Waals surface area contributed by atoms with Crippen LogP contribution in [0.1, 0.15) is 45.6 Å². The van der Waals surface area contributed by atoms with Gasteiger partial charge in [-0.15, -0.1) is 0 Å². The molecule has 0 bridgehead atoms. The minimum Gasteiger partial charge on any atom is -0.389 e. The largest absolute Gasteiger partial charge is 0.389 e. The van der Waals surface area contributed by atoms with Crippen molar-refractivity contribution in [3.05, 3.63) is 42.2 Å². The third kappa shape index (κ3) is 5.73. The van der Waals surface area contributed by atoms with Gasteiger partial charge in [-0.2, -0.15) is 4.98 Å². The van der Waals surface area contributed by atoms with E-state index in [4.69, 9.17) is 14.7 Å². The van der Waals surface area contributed by atoms with Crippen molar-refractivity contribution in [2.75, 3.05) is 53.4 Å². The highest BCUT2D eigenvalue weighted by Crippen LogP contribution is 2.39. The highest BCUT2D eigenvalue weighted by atomic mass is 32.2. The van der Waals surface area contributed by atoms with Gasteiger partial charge in [-0.3, -0.25) is 0 Å². The quantitative estimate of drug-likeness (QED) is 0.395. The number of aliphatic hydroxyl groups is 1. The Bertz CT molecular complexity index is 1470. The van der Waals surface area contributed by atoms with Gasteiger partial charge in [0.1, 0.15) is 21.5 Å². The van der Waals surface area contributed by atoms with Gasteiger partial charge in [0, 0.05) is 67.9 Å². The number of nitrogens with one attached hydrogen (secondary N) is 1. The molecule has 0 unspecified atom stereocenters. The third-order valence-electron chi connectivity index (χ3n) is 8.36. The number of fused-ring (bicyclic) bond motifs is 1. The number of hydrogen-bond acceptors (Lipinski definition) is 10. The second-order valence-electron chi connectivity index (χ2n) is 11.2. The second-order valence-corrected chi connectivity index (χ2v) is 13.6. The molecule has 1 aromatic carbocycles. The average molecular weight is 569 g/mol. The van der Waals surface area contributed by atoms with Crippen molar-refractivity contribution in [3.8, 4) is 0 Å². The summed E-state index contributed by atoms with van der Waals surface area (Å²) in [6, 6.07) is 8.32. The smallest absolute Gasteiger partial charge is 0.227 e. The number of aromatic nitrogens is 3. The summed E-state index contributed by atoms with van der Waals surface area (Å²) in [6.07, 6.45) is 3.55. The Kier molecular flexibility index (Phi) is 8.17. The van der Waals surface area contributed by atoms with Gasteiger partial charge in [0.25, 0.3) is 0 Å². The van der Waals surface area contributed by atoms with E-state index >= 15 is 0 Å². The summed E-state index contributed by atoms with van der Waals surface area (Å²) in [4.78, 5) is 18.1. The predicted molar refractivity (Wildman–Crippen MR) is 159 cm³/mol. The minimum absolute atomic E-state index is 0.132. The van der Waals surface area contributed by atoms with E-state index in [0.29, 0.717) is 43.0 Å². The first-order chi connectivity index (χ1) is 19.1. The molecular formula is C29H40N6O4S. The molecule has 3 aromatic rings. The lowest BCUT2D eigenvalue weighted by Crippen LogP contribution is -2.57. The number of pyridine rings is 1. The van der Waals surface area contributed by atoms with Gasteiger partial charge >= 0.3 is 0 Å². The van der Waals surface area contributed by atoms with Gasteiger partial charge in [0.2, 0.25) is 5.95 Å². The van der Waals surface area contributed by atoms with Crippen LogP contribution in [0.25, 0.3) is 10.8 Å². The van der Waals surface area contributed by atoms with Crippen LogP contribution >= 0.6 is 0 Å². The zero-order chi connectivity index (χ0) is 28.6. The Morgan fingerprint density at radius 1 is 1.15 bits per heavy atom. The van der Waals surface area contributed by atoms with Crippen molar-refractivity contribution < 1.29 is 18.3 Å². The molecule has 0 spiro atoms. The molecule has 4 heterocycles. The monoisotopic (exact) mass is 568 g/mol. The average Bonchev–Trinajstić information content (AvgIpc) is 2.94. The van der Waals surface area contributed by atoms with Gasteiger partial charge in [0.15, 0.2) is 0 Å². The Morgan fingerprint density at radius 2 is 1.95 bits per heavy atom. The summed E-state index contributed by atoms with van der Waals surface area (Å²) >= 11 is 0. The summed E-state index contributed by atoms with van der Waals surface area (Å²) in [5.41, 5.74) is 2.30. The zero-order valence-electron chi connectivity index (χ0n) is 23.9. The first-order valence-corrected chi connectivity index (χ1v) is 15.9. The molecule has 0 aliphatic carbocycles. The van der Waals surface area contributed by atoms with E-state index in [0.717, 1.165) is 23.0 Å². The Hall–Kier alpha value is -3.02. The molecule has 10 nitrogen and oxygen atoms in total. The summed E-state index contributed by atoms with van der Waals surface area (Å²) in [6.45, 7) is 10.0. The number of sulfone groups is 1. The summed E-state index contributed by atoms with van der Waals surface area (Å²) in [7, 11) is -1.39. The van der Waals surface area contributed by atoms with Crippen molar-refractivity contribution in [3.63, 3.8) is 0 Å². The van der Waals surface area contributed by atoms with E-state index in [-0.39, 0.29) is 29.6 Å². The summed E-state index contributed by atoms with van der Waals surface area (Å²) in [5, 5.41) is 15.9. The Morgan fingerprint density at radius 3 is 2.62 bits per heavy atom. The highest BCUT2D eigenvalue weighted by molar-refractivity contribution is 7.91. The number of β-amino-alcohol motifs (C(OH)–C–C–N with tert-alkyl or cyclic N) is 1. The second kappa shape index (κ2) is 11.5. The van der Waals surface area contributed by atoms with Crippen molar-refractivity contribution in [2.45, 2.75) is 58.3 Å². The van der Waals surface area contributed by atoms with Gasteiger partial charge in [-0.05, 0) is 48.4 Å². The van der Waals surface area contributed by atoms with E-state index in [1.54, 1.807) is 26.3 Å². The number of ether oxygens (including phenoxy) is 1. The number of benzene rings is 1. The Labute approximate surface area is 236 Å². The van der Waals surface area contributed by atoms with Crippen LogP contribution in [0.15, 0.2) is 36.7 Å². The van der Waals surface area contributed by atoms with E-state index in [2.05, 4.69) is 54.2 Å². The third-order valence-corrected chi connectivity index (χ3v) is 10.2. The molecule has 0 radical (unpaired) electrons. The fourth-order valence-corrected chi connectivity index (χ4v) is 7.05. The van der Waals surface area contributed by atoms with Crippen LogP contribution in [-0.4, -0.2) is 85.0 Å². The maximum atomic E-state index is 12.2. The lowest BCUT2D eigenvalue weighted by molar-refractivity contribution is -0.0219. The maximum Gasteiger partial charge on any atom is 0.227 e. The molecule has 216 valence electrons. The number of anilines is 4. The van der Waals surface area contributed by atoms with Crippen LogP contribution in [0.4, 0.5) is 23.3 Å². The van der Waals surface area contributed by atoms with Crippen LogP contribution in [0, 0.1) is 5.92 Å². The first-order valence-electron chi connectivity index (χ1n) is 14.1. The number of nitrogens with zero attached hydrogens (tertiary/aromatic N) is 5. The molecule has 2 saturated heterocycles. The van der Waals surface area contributed by atoms with Crippen LogP contribution in [-0.2, 0) is 14.6 Å². The molecule has 5 rings (SSSR count). The van der Waals surface area contributed by atoms with Gasteiger partial charge in [-0.1, -0.05) is 26.8 Å². The number of rotatable bonds is 9. The number of methoxy groups -OCH3 is 1. The molecule has 11 heteroatoms. The van der Waals surface area contributed by atoms with E-state index in [1.807, 2.05) is 11.1 Å².